The first-order valence-electron chi connectivity index (χ1n) is 9.84. The molecule has 0 bridgehead atoms. The van der Waals surface area contributed by atoms with Crippen LogP contribution in [0.2, 0.25) is 5.02 Å². The zero-order chi connectivity index (χ0) is 19.9. The second kappa shape index (κ2) is 9.59. The van der Waals surface area contributed by atoms with Crippen molar-refractivity contribution in [2.24, 2.45) is 5.10 Å². The number of halogens is 1. The molecule has 0 atom stereocenters. The van der Waals surface area contributed by atoms with Crippen molar-refractivity contribution in [2.45, 2.75) is 6.54 Å². The van der Waals surface area contributed by atoms with Gasteiger partial charge in [0.05, 0.1) is 6.21 Å². The average molecular weight is 406 g/mol. The minimum absolute atomic E-state index is 0.810. The summed E-state index contributed by atoms with van der Waals surface area (Å²) in [6, 6.07) is 25.8. The second-order valence-corrected chi connectivity index (χ2v) is 7.46. The Labute approximate surface area is 177 Å². The predicted molar refractivity (Wildman–Crippen MR) is 119 cm³/mol. The number of hydrogen-bond donors (Lipinski definition) is 0. The number of hydrazone groups is 1. The standard InChI is InChI=1S/C24H24ClN3O/c25-24-12-5-4-8-21(24)19-27-13-15-28(16-14-27)26-18-20-7-6-11-23(17-20)29-22-9-2-1-3-10-22/h1-12,17-18H,13-16,19H2. The second-order valence-electron chi connectivity index (χ2n) is 7.05. The molecule has 0 radical (unpaired) electrons. The van der Waals surface area contributed by atoms with Crippen LogP contribution in [0.4, 0.5) is 0 Å². The molecule has 3 aromatic rings. The van der Waals surface area contributed by atoms with E-state index in [2.05, 4.69) is 21.1 Å². The van der Waals surface area contributed by atoms with E-state index in [-0.39, 0.29) is 0 Å². The monoisotopic (exact) mass is 405 g/mol. The van der Waals surface area contributed by atoms with Gasteiger partial charge in [-0.05, 0) is 41.5 Å². The highest BCUT2D eigenvalue weighted by Crippen LogP contribution is 2.21. The number of para-hydroxylation sites is 1. The molecule has 4 rings (SSSR count). The molecule has 0 aliphatic carbocycles. The van der Waals surface area contributed by atoms with Gasteiger partial charge in [-0.25, -0.2) is 0 Å². The molecule has 4 nitrogen and oxygen atoms in total. The molecule has 3 aromatic carbocycles. The third kappa shape index (κ3) is 5.59. The number of benzene rings is 3. The number of ether oxygens (including phenoxy) is 1. The van der Waals surface area contributed by atoms with Crippen LogP contribution in [0, 0.1) is 0 Å². The molecule has 1 heterocycles. The number of rotatable bonds is 6. The quantitative estimate of drug-likeness (QED) is 0.522. The van der Waals surface area contributed by atoms with Crippen LogP contribution < -0.4 is 4.74 Å². The molecule has 148 valence electrons. The van der Waals surface area contributed by atoms with Gasteiger partial charge in [0.25, 0.3) is 0 Å². The van der Waals surface area contributed by atoms with Crippen LogP contribution in [0.15, 0.2) is 84.0 Å². The number of piperazine rings is 1. The van der Waals surface area contributed by atoms with Crippen LogP contribution in [0.3, 0.4) is 0 Å². The van der Waals surface area contributed by atoms with Crippen molar-refractivity contribution in [1.29, 1.82) is 0 Å². The molecule has 0 spiro atoms. The van der Waals surface area contributed by atoms with Crippen LogP contribution in [0.5, 0.6) is 11.5 Å². The Hall–Kier alpha value is -2.82. The molecule has 0 amide bonds. The van der Waals surface area contributed by atoms with Crippen molar-refractivity contribution < 1.29 is 4.74 Å². The van der Waals surface area contributed by atoms with E-state index in [4.69, 9.17) is 16.3 Å². The van der Waals surface area contributed by atoms with E-state index in [0.29, 0.717) is 0 Å². The lowest BCUT2D eigenvalue weighted by atomic mass is 10.2. The van der Waals surface area contributed by atoms with Gasteiger partial charge in [0.15, 0.2) is 0 Å². The maximum absolute atomic E-state index is 6.28. The molecule has 5 heteroatoms. The predicted octanol–water partition coefficient (Wildman–Crippen LogP) is 5.28. The molecule has 1 aliphatic rings. The summed E-state index contributed by atoms with van der Waals surface area (Å²) in [5.74, 6) is 1.64. The van der Waals surface area contributed by atoms with Crippen molar-refractivity contribution in [3.63, 3.8) is 0 Å². The maximum Gasteiger partial charge on any atom is 0.128 e. The Morgan fingerprint density at radius 2 is 1.55 bits per heavy atom. The Balaban J connectivity index is 1.30. The van der Waals surface area contributed by atoms with E-state index < -0.39 is 0 Å². The summed E-state index contributed by atoms with van der Waals surface area (Å²) in [6.45, 7) is 4.64. The Morgan fingerprint density at radius 3 is 2.34 bits per heavy atom. The summed E-state index contributed by atoms with van der Waals surface area (Å²) in [4.78, 5) is 2.42. The van der Waals surface area contributed by atoms with E-state index in [0.717, 1.165) is 54.8 Å². The number of nitrogens with zero attached hydrogens (tertiary/aromatic N) is 3. The molecule has 0 saturated carbocycles. The minimum atomic E-state index is 0.810. The highest BCUT2D eigenvalue weighted by molar-refractivity contribution is 6.31. The summed E-state index contributed by atoms with van der Waals surface area (Å²) < 4.78 is 5.90. The van der Waals surface area contributed by atoms with E-state index >= 15 is 0 Å². The molecule has 1 aliphatic heterocycles. The van der Waals surface area contributed by atoms with E-state index in [1.807, 2.05) is 79.0 Å². The van der Waals surface area contributed by atoms with Gasteiger partial charge in [-0.2, -0.15) is 5.10 Å². The third-order valence-corrected chi connectivity index (χ3v) is 5.28. The van der Waals surface area contributed by atoms with Gasteiger partial charge >= 0.3 is 0 Å². The van der Waals surface area contributed by atoms with Gasteiger partial charge < -0.3 is 4.74 Å². The first kappa shape index (κ1) is 19.5. The highest BCUT2D eigenvalue weighted by Gasteiger charge is 2.16. The third-order valence-electron chi connectivity index (χ3n) is 4.91. The maximum atomic E-state index is 6.28. The first-order valence-corrected chi connectivity index (χ1v) is 10.2. The van der Waals surface area contributed by atoms with Crippen molar-refractivity contribution >= 4 is 17.8 Å². The first-order chi connectivity index (χ1) is 14.3. The lowest BCUT2D eigenvalue weighted by molar-refractivity contribution is 0.131. The van der Waals surface area contributed by atoms with Gasteiger partial charge in [0.2, 0.25) is 0 Å². The molecule has 1 fully saturated rings. The lowest BCUT2D eigenvalue weighted by Crippen LogP contribution is -2.43. The molecular weight excluding hydrogens is 382 g/mol. The highest BCUT2D eigenvalue weighted by atomic mass is 35.5. The zero-order valence-corrected chi connectivity index (χ0v) is 17.0. The van der Waals surface area contributed by atoms with Crippen molar-refractivity contribution in [3.8, 4) is 11.5 Å². The summed E-state index contributed by atoms with van der Waals surface area (Å²) in [5, 5.41) is 7.62. The molecule has 0 aromatic heterocycles. The molecular formula is C24H24ClN3O. The largest absolute Gasteiger partial charge is 0.457 e. The summed E-state index contributed by atoms with van der Waals surface area (Å²) >= 11 is 6.28. The fraction of sp³-hybridized carbons (Fsp3) is 0.208. The van der Waals surface area contributed by atoms with Gasteiger partial charge in [-0.1, -0.05) is 60.1 Å². The molecule has 29 heavy (non-hydrogen) atoms. The Bertz CT molecular complexity index is 953. The lowest BCUT2D eigenvalue weighted by Gasteiger charge is -2.33. The fourth-order valence-electron chi connectivity index (χ4n) is 3.31. The van der Waals surface area contributed by atoms with E-state index in [1.54, 1.807) is 0 Å². The summed E-state index contributed by atoms with van der Waals surface area (Å²) in [7, 11) is 0. The van der Waals surface area contributed by atoms with E-state index in [1.165, 1.54) is 5.56 Å². The van der Waals surface area contributed by atoms with E-state index in [9.17, 15) is 0 Å². The summed E-state index contributed by atoms with van der Waals surface area (Å²) in [5.41, 5.74) is 2.21. The van der Waals surface area contributed by atoms with Gasteiger partial charge in [-0.3, -0.25) is 9.91 Å². The van der Waals surface area contributed by atoms with Crippen molar-refractivity contribution in [1.82, 2.24) is 9.91 Å². The van der Waals surface area contributed by atoms with Crippen molar-refractivity contribution in [3.05, 3.63) is 95.0 Å². The molecule has 0 unspecified atom stereocenters. The zero-order valence-electron chi connectivity index (χ0n) is 16.2. The van der Waals surface area contributed by atoms with Crippen LogP contribution in [0.1, 0.15) is 11.1 Å². The summed E-state index contributed by atoms with van der Waals surface area (Å²) in [6.07, 6.45) is 1.90. The van der Waals surface area contributed by atoms with Crippen molar-refractivity contribution in [2.75, 3.05) is 26.2 Å². The molecule has 1 saturated heterocycles. The SMILES string of the molecule is Clc1ccccc1CN1CCN(N=Cc2cccc(Oc3ccccc3)c2)CC1. The van der Waals surface area contributed by atoms with Crippen LogP contribution >= 0.6 is 11.6 Å². The Morgan fingerprint density at radius 1 is 0.828 bits per heavy atom. The Kier molecular flexibility index (Phi) is 6.45. The van der Waals surface area contributed by atoms with Gasteiger partial charge in [-0.15, -0.1) is 0 Å². The number of hydrogen-bond acceptors (Lipinski definition) is 4. The van der Waals surface area contributed by atoms with Gasteiger partial charge in [0.1, 0.15) is 11.5 Å². The van der Waals surface area contributed by atoms with Gasteiger partial charge in [0, 0.05) is 37.7 Å². The van der Waals surface area contributed by atoms with Crippen LogP contribution in [-0.4, -0.2) is 42.3 Å². The minimum Gasteiger partial charge on any atom is -0.457 e. The fourth-order valence-corrected chi connectivity index (χ4v) is 3.51. The van der Waals surface area contributed by atoms with Crippen LogP contribution in [-0.2, 0) is 6.54 Å². The smallest absolute Gasteiger partial charge is 0.128 e. The molecule has 0 N–H and O–H groups in total. The normalized spacial score (nSPS) is 15.0. The van der Waals surface area contributed by atoms with Crippen LogP contribution in [0.25, 0.3) is 0 Å². The topological polar surface area (TPSA) is 28.1 Å². The average Bonchev–Trinajstić information content (AvgIpc) is 2.76.